The highest BCUT2D eigenvalue weighted by atomic mass is 19.1. The first-order valence-corrected chi connectivity index (χ1v) is 6.77. The van der Waals surface area contributed by atoms with Crippen LogP contribution >= 0.6 is 0 Å². The van der Waals surface area contributed by atoms with E-state index >= 15 is 0 Å². The third-order valence-corrected chi connectivity index (χ3v) is 3.47. The molecular weight excluding hydrogens is 255 g/mol. The molecule has 2 aromatic rings. The van der Waals surface area contributed by atoms with Gasteiger partial charge in [0, 0.05) is 18.5 Å². The van der Waals surface area contributed by atoms with E-state index in [1.807, 2.05) is 14.0 Å². The Morgan fingerprint density at radius 3 is 2.50 bits per heavy atom. The van der Waals surface area contributed by atoms with Crippen molar-refractivity contribution in [3.05, 3.63) is 41.5 Å². The highest BCUT2D eigenvalue weighted by molar-refractivity contribution is 5.65. The lowest BCUT2D eigenvalue weighted by Crippen LogP contribution is -2.07. The quantitative estimate of drug-likeness (QED) is 0.893. The molecule has 0 aliphatic heterocycles. The maximum absolute atomic E-state index is 13.7. The van der Waals surface area contributed by atoms with Crippen LogP contribution in [-0.2, 0) is 0 Å². The summed E-state index contributed by atoms with van der Waals surface area (Å²) in [6.07, 6.45) is 2.26. The maximum Gasteiger partial charge on any atom is 0.146 e. The molecule has 1 saturated carbocycles. The molecule has 20 heavy (non-hydrogen) atoms. The number of aromatic nitrogens is 2. The van der Waals surface area contributed by atoms with Crippen LogP contribution in [-0.4, -0.2) is 17.0 Å². The molecular formula is C15H17FN4. The molecule has 0 bridgehead atoms. The van der Waals surface area contributed by atoms with Crippen molar-refractivity contribution < 1.29 is 4.39 Å². The smallest absolute Gasteiger partial charge is 0.146 e. The van der Waals surface area contributed by atoms with Gasteiger partial charge in [-0.2, -0.15) is 0 Å². The number of para-hydroxylation sites is 1. The molecule has 104 valence electrons. The van der Waals surface area contributed by atoms with E-state index in [1.54, 1.807) is 18.2 Å². The van der Waals surface area contributed by atoms with E-state index in [0.717, 1.165) is 30.0 Å². The summed E-state index contributed by atoms with van der Waals surface area (Å²) in [5, 5.41) is 6.15. The van der Waals surface area contributed by atoms with Crippen molar-refractivity contribution in [1.29, 1.82) is 0 Å². The normalized spacial score (nSPS) is 14.2. The van der Waals surface area contributed by atoms with Gasteiger partial charge in [0.1, 0.15) is 23.3 Å². The molecule has 0 unspecified atom stereocenters. The van der Waals surface area contributed by atoms with Gasteiger partial charge in [0.2, 0.25) is 0 Å². The van der Waals surface area contributed by atoms with Gasteiger partial charge in [-0.15, -0.1) is 0 Å². The first-order valence-electron chi connectivity index (χ1n) is 6.77. The molecule has 0 spiro atoms. The molecule has 2 N–H and O–H groups in total. The highest BCUT2D eigenvalue weighted by Gasteiger charge is 2.28. The van der Waals surface area contributed by atoms with Crippen LogP contribution < -0.4 is 10.6 Å². The van der Waals surface area contributed by atoms with Crippen molar-refractivity contribution in [3.63, 3.8) is 0 Å². The second-order valence-corrected chi connectivity index (χ2v) is 5.03. The van der Waals surface area contributed by atoms with Gasteiger partial charge < -0.3 is 10.6 Å². The molecule has 1 aromatic heterocycles. The predicted molar refractivity (Wildman–Crippen MR) is 78.0 cm³/mol. The molecule has 4 nitrogen and oxygen atoms in total. The monoisotopic (exact) mass is 272 g/mol. The van der Waals surface area contributed by atoms with Gasteiger partial charge in [-0.05, 0) is 31.9 Å². The van der Waals surface area contributed by atoms with Crippen LogP contribution in [0.2, 0.25) is 0 Å². The van der Waals surface area contributed by atoms with Crippen LogP contribution in [0, 0.1) is 12.7 Å². The molecule has 0 saturated heterocycles. The van der Waals surface area contributed by atoms with Gasteiger partial charge in [-0.25, -0.2) is 14.4 Å². The number of halogens is 1. The predicted octanol–water partition coefficient (Wildman–Crippen LogP) is 3.59. The average molecular weight is 272 g/mol. The van der Waals surface area contributed by atoms with Crippen molar-refractivity contribution in [2.24, 2.45) is 0 Å². The summed E-state index contributed by atoms with van der Waals surface area (Å²) >= 11 is 0. The Kier molecular flexibility index (Phi) is 3.26. The first-order chi connectivity index (χ1) is 9.69. The summed E-state index contributed by atoms with van der Waals surface area (Å²) in [5.41, 5.74) is 1.32. The van der Waals surface area contributed by atoms with E-state index < -0.39 is 0 Å². The average Bonchev–Trinajstić information content (AvgIpc) is 3.28. The number of hydrogen-bond acceptors (Lipinski definition) is 4. The molecule has 1 aromatic carbocycles. The van der Waals surface area contributed by atoms with Gasteiger partial charge in [0.25, 0.3) is 0 Å². The first kappa shape index (κ1) is 12.8. The summed E-state index contributed by atoms with van der Waals surface area (Å²) in [7, 11) is 1.83. The molecule has 0 atom stereocenters. The standard InChI is InChI=1S/C15H17FN4/c1-9-13(17-2)19-15(10-7-8-10)20-14(9)18-12-6-4-3-5-11(12)16/h3-6,10H,7-8H2,1-2H3,(H2,17,18,19,20). The lowest BCUT2D eigenvalue weighted by Gasteiger charge is -2.14. The number of benzene rings is 1. The van der Waals surface area contributed by atoms with Crippen LogP contribution in [0.15, 0.2) is 24.3 Å². The van der Waals surface area contributed by atoms with E-state index in [1.165, 1.54) is 6.07 Å². The minimum absolute atomic E-state index is 0.288. The zero-order valence-corrected chi connectivity index (χ0v) is 11.6. The molecule has 1 heterocycles. The van der Waals surface area contributed by atoms with Crippen LogP contribution in [0.25, 0.3) is 0 Å². The van der Waals surface area contributed by atoms with Gasteiger partial charge >= 0.3 is 0 Å². The van der Waals surface area contributed by atoms with E-state index in [0.29, 0.717) is 17.4 Å². The lowest BCUT2D eigenvalue weighted by atomic mass is 10.2. The van der Waals surface area contributed by atoms with E-state index in [9.17, 15) is 4.39 Å². The molecule has 3 rings (SSSR count). The van der Waals surface area contributed by atoms with Crippen molar-refractivity contribution in [2.45, 2.75) is 25.7 Å². The lowest BCUT2D eigenvalue weighted by molar-refractivity contribution is 0.631. The number of hydrogen-bond donors (Lipinski definition) is 2. The van der Waals surface area contributed by atoms with Gasteiger partial charge in [0.05, 0.1) is 5.69 Å². The molecule has 1 aliphatic carbocycles. The highest BCUT2D eigenvalue weighted by Crippen LogP contribution is 2.39. The summed E-state index contributed by atoms with van der Waals surface area (Å²) in [5.74, 6) is 2.45. The Hall–Kier alpha value is -2.17. The number of rotatable bonds is 4. The molecule has 1 fully saturated rings. The summed E-state index contributed by atoms with van der Waals surface area (Å²) < 4.78 is 13.7. The summed E-state index contributed by atoms with van der Waals surface area (Å²) in [6, 6.07) is 6.59. The number of nitrogens with one attached hydrogen (secondary N) is 2. The van der Waals surface area contributed by atoms with Crippen molar-refractivity contribution in [2.75, 3.05) is 17.7 Å². The third kappa shape index (κ3) is 2.43. The van der Waals surface area contributed by atoms with Crippen LogP contribution in [0.3, 0.4) is 0 Å². The van der Waals surface area contributed by atoms with Crippen LogP contribution in [0.5, 0.6) is 0 Å². The largest absolute Gasteiger partial charge is 0.373 e. The summed E-state index contributed by atoms with van der Waals surface area (Å²) in [6.45, 7) is 1.92. The zero-order chi connectivity index (χ0) is 14.1. The Balaban J connectivity index is 1.99. The third-order valence-electron chi connectivity index (χ3n) is 3.47. The molecule has 0 radical (unpaired) electrons. The van der Waals surface area contributed by atoms with Crippen molar-refractivity contribution >= 4 is 17.3 Å². The van der Waals surface area contributed by atoms with E-state index in [4.69, 9.17) is 0 Å². The molecule has 1 aliphatic rings. The van der Waals surface area contributed by atoms with Gasteiger partial charge in [0.15, 0.2) is 0 Å². The number of nitrogens with zero attached hydrogens (tertiary/aromatic N) is 2. The Bertz CT molecular complexity index is 638. The molecule has 5 heteroatoms. The van der Waals surface area contributed by atoms with Crippen LogP contribution in [0.4, 0.5) is 21.7 Å². The second-order valence-electron chi connectivity index (χ2n) is 5.03. The van der Waals surface area contributed by atoms with Crippen molar-refractivity contribution in [1.82, 2.24) is 9.97 Å². The van der Waals surface area contributed by atoms with E-state index in [-0.39, 0.29) is 5.82 Å². The van der Waals surface area contributed by atoms with Gasteiger partial charge in [-0.1, -0.05) is 12.1 Å². The Morgan fingerprint density at radius 1 is 1.15 bits per heavy atom. The fraction of sp³-hybridized carbons (Fsp3) is 0.333. The maximum atomic E-state index is 13.7. The fourth-order valence-corrected chi connectivity index (χ4v) is 2.11. The van der Waals surface area contributed by atoms with Crippen molar-refractivity contribution in [3.8, 4) is 0 Å². The second kappa shape index (κ2) is 5.07. The Morgan fingerprint density at radius 2 is 1.85 bits per heavy atom. The fourth-order valence-electron chi connectivity index (χ4n) is 2.11. The zero-order valence-electron chi connectivity index (χ0n) is 11.6. The summed E-state index contributed by atoms with van der Waals surface area (Å²) in [4.78, 5) is 9.07. The SMILES string of the molecule is CNc1nc(C2CC2)nc(Nc2ccccc2F)c1C. The minimum Gasteiger partial charge on any atom is -0.373 e. The van der Waals surface area contributed by atoms with E-state index in [2.05, 4.69) is 20.6 Å². The molecule has 0 amide bonds. The minimum atomic E-state index is -0.288. The number of anilines is 3. The van der Waals surface area contributed by atoms with Crippen LogP contribution in [0.1, 0.15) is 30.1 Å². The topological polar surface area (TPSA) is 49.8 Å². The van der Waals surface area contributed by atoms with Gasteiger partial charge in [-0.3, -0.25) is 0 Å². The Labute approximate surface area is 117 Å².